The van der Waals surface area contributed by atoms with E-state index in [9.17, 15) is 4.79 Å². The van der Waals surface area contributed by atoms with Crippen LogP contribution in [-0.2, 0) is 18.0 Å². The van der Waals surface area contributed by atoms with E-state index in [-0.39, 0.29) is 5.91 Å². The number of hydrogen-bond donors (Lipinski definition) is 1. The molecule has 4 rings (SSSR count). The average molecular weight is 559 g/mol. The molecule has 188 valence electrons. The minimum atomic E-state index is -0.740. The third-order valence-electron chi connectivity index (χ3n) is 5.33. The molecule has 1 N–H and O–H groups in total. The van der Waals surface area contributed by atoms with Crippen molar-refractivity contribution in [2.75, 3.05) is 0 Å². The first-order chi connectivity index (χ1) is 18.1. The minimum Gasteiger partial charge on any atom is -0.489 e. The molecule has 0 fully saturated rings. The van der Waals surface area contributed by atoms with E-state index in [2.05, 4.69) is 26.5 Å². The molecule has 0 aliphatic heterocycles. The van der Waals surface area contributed by atoms with Crippen LogP contribution in [0.1, 0.15) is 23.6 Å². The predicted octanol–water partition coefficient (Wildman–Crippen LogP) is 6.52. The molecular formula is C30H27BrN2O4. The number of nitrogens with zero attached hydrogens (tertiary/aromatic N) is 1. The number of ether oxygens (including phenoxy) is 3. The maximum absolute atomic E-state index is 12.5. The highest BCUT2D eigenvalue weighted by Gasteiger charge is 2.14. The van der Waals surface area contributed by atoms with Crippen LogP contribution in [0.5, 0.6) is 17.2 Å². The Morgan fingerprint density at radius 3 is 2.30 bits per heavy atom. The number of benzene rings is 4. The van der Waals surface area contributed by atoms with Gasteiger partial charge in [-0.1, -0.05) is 70.5 Å². The summed E-state index contributed by atoms with van der Waals surface area (Å²) in [5, 5.41) is 4.09. The second kappa shape index (κ2) is 13.3. The van der Waals surface area contributed by atoms with Gasteiger partial charge in [0.25, 0.3) is 5.91 Å². The van der Waals surface area contributed by atoms with Crippen molar-refractivity contribution in [3.05, 3.63) is 124 Å². The molecule has 0 unspecified atom stereocenters. The van der Waals surface area contributed by atoms with Crippen molar-refractivity contribution in [1.82, 2.24) is 5.43 Å². The topological polar surface area (TPSA) is 69.2 Å². The van der Waals surface area contributed by atoms with Gasteiger partial charge in [-0.15, -0.1) is 0 Å². The van der Waals surface area contributed by atoms with E-state index in [1.165, 1.54) is 0 Å². The van der Waals surface area contributed by atoms with E-state index >= 15 is 0 Å². The van der Waals surface area contributed by atoms with Crippen LogP contribution in [-0.4, -0.2) is 18.2 Å². The SMILES string of the molecule is C[C@@H](Oc1ccc(OCc2ccccc2)cc1)C(=O)N/N=C/c1ccccc1OCc1cccc(Br)c1. The van der Waals surface area contributed by atoms with Gasteiger partial charge < -0.3 is 14.2 Å². The quantitative estimate of drug-likeness (QED) is 0.168. The first-order valence-electron chi connectivity index (χ1n) is 11.8. The van der Waals surface area contributed by atoms with Gasteiger partial charge in [0.15, 0.2) is 6.10 Å². The van der Waals surface area contributed by atoms with Gasteiger partial charge in [-0.05, 0) is 66.6 Å². The van der Waals surface area contributed by atoms with Gasteiger partial charge in [0.05, 0.1) is 6.21 Å². The number of nitrogens with one attached hydrogen (secondary N) is 1. The van der Waals surface area contributed by atoms with Gasteiger partial charge in [-0.25, -0.2) is 5.43 Å². The fourth-order valence-corrected chi connectivity index (χ4v) is 3.82. The number of halogens is 1. The number of para-hydroxylation sites is 1. The third kappa shape index (κ3) is 8.22. The van der Waals surface area contributed by atoms with Crippen molar-refractivity contribution in [2.45, 2.75) is 26.2 Å². The molecule has 7 heteroatoms. The summed E-state index contributed by atoms with van der Waals surface area (Å²) in [6.07, 6.45) is 0.816. The standard InChI is InChI=1S/C30H27BrN2O4/c1-22(37-28-16-14-27(15-17-28)35-20-23-8-3-2-4-9-23)30(34)33-32-19-25-11-5-6-13-29(25)36-21-24-10-7-12-26(31)18-24/h2-19,22H,20-21H2,1H3,(H,33,34)/b32-19+/t22-/m1/s1. The lowest BCUT2D eigenvalue weighted by atomic mass is 10.2. The van der Waals surface area contributed by atoms with E-state index < -0.39 is 6.10 Å². The molecule has 4 aromatic carbocycles. The third-order valence-corrected chi connectivity index (χ3v) is 5.83. The summed E-state index contributed by atoms with van der Waals surface area (Å²) in [6, 6.07) is 32.5. The molecule has 0 saturated heterocycles. The molecule has 0 aromatic heterocycles. The summed E-state index contributed by atoms with van der Waals surface area (Å²) in [5.74, 6) is 1.58. The van der Waals surface area contributed by atoms with Crippen LogP contribution in [0.2, 0.25) is 0 Å². The Kier molecular flexibility index (Phi) is 9.32. The van der Waals surface area contributed by atoms with Crippen LogP contribution >= 0.6 is 15.9 Å². The zero-order valence-electron chi connectivity index (χ0n) is 20.3. The smallest absolute Gasteiger partial charge is 0.280 e. The van der Waals surface area contributed by atoms with Gasteiger partial charge in [0.2, 0.25) is 0 Å². The zero-order valence-corrected chi connectivity index (χ0v) is 21.9. The summed E-state index contributed by atoms with van der Waals surface area (Å²) in [5.41, 5.74) is 5.40. The highest BCUT2D eigenvalue weighted by Crippen LogP contribution is 2.21. The van der Waals surface area contributed by atoms with E-state index in [0.717, 1.165) is 26.9 Å². The maximum Gasteiger partial charge on any atom is 0.280 e. The summed E-state index contributed by atoms with van der Waals surface area (Å²) in [6.45, 7) is 2.56. The molecule has 0 aliphatic carbocycles. The van der Waals surface area contributed by atoms with Crippen LogP contribution < -0.4 is 19.6 Å². The lowest BCUT2D eigenvalue weighted by Crippen LogP contribution is -2.33. The van der Waals surface area contributed by atoms with Crippen molar-refractivity contribution in [2.24, 2.45) is 5.10 Å². The van der Waals surface area contributed by atoms with Crippen molar-refractivity contribution < 1.29 is 19.0 Å². The fourth-order valence-electron chi connectivity index (χ4n) is 3.38. The molecule has 0 heterocycles. The molecule has 37 heavy (non-hydrogen) atoms. The molecule has 6 nitrogen and oxygen atoms in total. The number of hydrogen-bond acceptors (Lipinski definition) is 5. The van der Waals surface area contributed by atoms with E-state index in [0.29, 0.717) is 24.7 Å². The fraction of sp³-hybridized carbons (Fsp3) is 0.133. The Balaban J connectivity index is 1.26. The van der Waals surface area contributed by atoms with Crippen molar-refractivity contribution in [3.8, 4) is 17.2 Å². The van der Waals surface area contributed by atoms with E-state index in [4.69, 9.17) is 14.2 Å². The van der Waals surface area contributed by atoms with Gasteiger partial charge in [0.1, 0.15) is 30.5 Å². The van der Waals surface area contributed by atoms with E-state index in [1.54, 1.807) is 25.3 Å². The Hall–Kier alpha value is -4.10. The minimum absolute atomic E-state index is 0.367. The molecule has 0 spiro atoms. The Morgan fingerprint density at radius 2 is 1.51 bits per heavy atom. The van der Waals surface area contributed by atoms with Gasteiger partial charge >= 0.3 is 0 Å². The van der Waals surface area contributed by atoms with Crippen LogP contribution in [0, 0.1) is 0 Å². The average Bonchev–Trinajstić information content (AvgIpc) is 2.92. The molecule has 0 saturated carbocycles. The highest BCUT2D eigenvalue weighted by atomic mass is 79.9. The summed E-state index contributed by atoms with van der Waals surface area (Å²) >= 11 is 3.47. The molecule has 4 aromatic rings. The highest BCUT2D eigenvalue weighted by molar-refractivity contribution is 9.10. The Morgan fingerprint density at radius 1 is 0.838 bits per heavy atom. The number of carbonyl (C=O) groups is 1. The molecule has 0 bridgehead atoms. The lowest BCUT2D eigenvalue weighted by molar-refractivity contribution is -0.127. The van der Waals surface area contributed by atoms with E-state index in [1.807, 2.05) is 91.0 Å². The number of hydrazone groups is 1. The Bertz CT molecular complexity index is 1330. The summed E-state index contributed by atoms with van der Waals surface area (Å²) in [4.78, 5) is 12.5. The maximum atomic E-state index is 12.5. The first-order valence-corrected chi connectivity index (χ1v) is 12.6. The summed E-state index contributed by atoms with van der Waals surface area (Å²) < 4.78 is 18.5. The number of rotatable bonds is 11. The van der Waals surface area contributed by atoms with Gasteiger partial charge in [-0.3, -0.25) is 4.79 Å². The molecule has 1 amide bonds. The van der Waals surface area contributed by atoms with Crippen LogP contribution in [0.3, 0.4) is 0 Å². The zero-order chi connectivity index (χ0) is 25.9. The lowest BCUT2D eigenvalue weighted by Gasteiger charge is -2.14. The van der Waals surface area contributed by atoms with Gasteiger partial charge in [-0.2, -0.15) is 5.10 Å². The molecule has 0 aliphatic rings. The molecule has 1 atom stereocenters. The second-order valence-corrected chi connectivity index (χ2v) is 9.11. The van der Waals surface area contributed by atoms with Crippen LogP contribution in [0.4, 0.5) is 0 Å². The van der Waals surface area contributed by atoms with Crippen LogP contribution in [0.15, 0.2) is 113 Å². The molecular weight excluding hydrogens is 532 g/mol. The predicted molar refractivity (Wildman–Crippen MR) is 148 cm³/mol. The Labute approximate surface area is 225 Å². The first kappa shape index (κ1) is 26.0. The van der Waals surface area contributed by atoms with Crippen molar-refractivity contribution >= 4 is 28.1 Å². The van der Waals surface area contributed by atoms with Crippen LogP contribution in [0.25, 0.3) is 0 Å². The second-order valence-electron chi connectivity index (χ2n) is 8.20. The van der Waals surface area contributed by atoms with Gasteiger partial charge in [0, 0.05) is 10.0 Å². The largest absolute Gasteiger partial charge is 0.489 e. The summed E-state index contributed by atoms with van der Waals surface area (Å²) in [7, 11) is 0. The van der Waals surface area contributed by atoms with Crippen molar-refractivity contribution in [1.29, 1.82) is 0 Å². The van der Waals surface area contributed by atoms with Crippen molar-refractivity contribution in [3.63, 3.8) is 0 Å². The molecule has 0 radical (unpaired) electrons. The monoisotopic (exact) mass is 558 g/mol. The number of amides is 1. The number of carbonyl (C=O) groups excluding carboxylic acids is 1. The normalized spacial score (nSPS) is 11.6.